The molecule has 0 saturated heterocycles. The lowest BCUT2D eigenvalue weighted by molar-refractivity contribution is 0.102. The van der Waals surface area contributed by atoms with E-state index in [-0.39, 0.29) is 21.5 Å². The van der Waals surface area contributed by atoms with Crippen molar-refractivity contribution in [3.8, 4) is 0 Å². The van der Waals surface area contributed by atoms with E-state index in [0.717, 1.165) is 5.56 Å². The fraction of sp³-hybridized carbons (Fsp3) is 0.174. The summed E-state index contributed by atoms with van der Waals surface area (Å²) in [7, 11) is -3.78. The summed E-state index contributed by atoms with van der Waals surface area (Å²) >= 11 is 6.24. The quantitative estimate of drug-likeness (QED) is 0.504. The Hall–Kier alpha value is -2.83. The first-order chi connectivity index (χ1) is 14.2. The summed E-state index contributed by atoms with van der Waals surface area (Å²) < 4.78 is 27.6. The van der Waals surface area contributed by atoms with Crippen LogP contribution < -0.4 is 10.0 Å². The van der Waals surface area contributed by atoms with Gasteiger partial charge in [0.2, 0.25) is 0 Å². The molecule has 2 N–H and O–H groups in total. The smallest absolute Gasteiger partial charge is 0.261 e. The van der Waals surface area contributed by atoms with Gasteiger partial charge in [0.25, 0.3) is 15.9 Å². The molecular formula is C23H23ClN2O3S. The molecule has 0 aliphatic carbocycles. The van der Waals surface area contributed by atoms with Crippen molar-refractivity contribution in [1.82, 2.24) is 0 Å². The number of hydrogen-bond acceptors (Lipinski definition) is 3. The number of rotatable bonds is 6. The van der Waals surface area contributed by atoms with E-state index in [1.54, 1.807) is 12.1 Å². The third-order valence-electron chi connectivity index (χ3n) is 4.64. The van der Waals surface area contributed by atoms with E-state index < -0.39 is 10.0 Å². The number of nitrogens with one attached hydrogen (secondary N) is 2. The highest BCUT2D eigenvalue weighted by atomic mass is 35.5. The molecule has 0 heterocycles. The zero-order valence-corrected chi connectivity index (χ0v) is 18.5. The molecule has 0 spiro atoms. The maximum absolute atomic E-state index is 12.6. The summed E-state index contributed by atoms with van der Waals surface area (Å²) in [6, 6.07) is 18.6. The lowest BCUT2D eigenvalue weighted by atomic mass is 10.0. The van der Waals surface area contributed by atoms with E-state index in [1.165, 1.54) is 35.9 Å². The van der Waals surface area contributed by atoms with E-state index in [2.05, 4.69) is 23.9 Å². The standard InChI is InChI=1S/C23H23ClN2O3S/c1-15(2)17-6-9-19(10-7-17)25-23(27)18-8-13-22(21(24)14-18)26-30(28,29)20-11-4-16(3)5-12-20/h4-15,26H,1-3H3,(H,25,27). The van der Waals surface area contributed by atoms with Crippen molar-refractivity contribution in [3.63, 3.8) is 0 Å². The van der Waals surface area contributed by atoms with E-state index in [9.17, 15) is 13.2 Å². The average molecular weight is 443 g/mol. The van der Waals surface area contributed by atoms with Gasteiger partial charge in [0.05, 0.1) is 15.6 Å². The Morgan fingerprint density at radius 1 is 0.933 bits per heavy atom. The monoisotopic (exact) mass is 442 g/mol. The predicted octanol–water partition coefficient (Wildman–Crippen LogP) is 5.82. The molecular weight excluding hydrogens is 420 g/mol. The molecule has 0 atom stereocenters. The molecule has 156 valence electrons. The summed E-state index contributed by atoms with van der Waals surface area (Å²) in [6.07, 6.45) is 0. The highest BCUT2D eigenvalue weighted by Gasteiger charge is 2.17. The molecule has 0 aliphatic rings. The molecule has 3 rings (SSSR count). The largest absolute Gasteiger partial charge is 0.322 e. The Morgan fingerprint density at radius 2 is 1.57 bits per heavy atom. The lowest BCUT2D eigenvalue weighted by Crippen LogP contribution is -2.15. The maximum atomic E-state index is 12.6. The Morgan fingerprint density at radius 3 is 2.13 bits per heavy atom. The first-order valence-electron chi connectivity index (χ1n) is 9.46. The second-order valence-corrected chi connectivity index (χ2v) is 9.43. The molecule has 0 radical (unpaired) electrons. The highest BCUT2D eigenvalue weighted by Crippen LogP contribution is 2.26. The van der Waals surface area contributed by atoms with E-state index in [0.29, 0.717) is 17.2 Å². The topological polar surface area (TPSA) is 75.3 Å². The molecule has 1 amide bonds. The van der Waals surface area contributed by atoms with Crippen LogP contribution in [0, 0.1) is 6.92 Å². The second-order valence-electron chi connectivity index (χ2n) is 7.34. The Balaban J connectivity index is 1.74. The fourth-order valence-corrected chi connectivity index (χ4v) is 4.18. The van der Waals surface area contributed by atoms with Gasteiger partial charge in [-0.25, -0.2) is 8.42 Å². The summed E-state index contributed by atoms with van der Waals surface area (Å²) in [4.78, 5) is 12.7. The summed E-state index contributed by atoms with van der Waals surface area (Å²) in [5, 5.41) is 2.95. The Kier molecular flexibility index (Phi) is 6.48. The van der Waals surface area contributed by atoms with E-state index >= 15 is 0 Å². The van der Waals surface area contributed by atoms with Crippen molar-refractivity contribution in [2.75, 3.05) is 10.0 Å². The fourth-order valence-electron chi connectivity index (χ4n) is 2.81. The minimum Gasteiger partial charge on any atom is -0.322 e. The molecule has 7 heteroatoms. The number of carbonyl (C=O) groups is 1. The molecule has 0 aromatic heterocycles. The van der Waals surface area contributed by atoms with Crippen molar-refractivity contribution in [3.05, 3.63) is 88.4 Å². The lowest BCUT2D eigenvalue weighted by Gasteiger charge is -2.12. The van der Waals surface area contributed by atoms with Gasteiger partial charge in [-0.15, -0.1) is 0 Å². The molecule has 5 nitrogen and oxygen atoms in total. The summed E-state index contributed by atoms with van der Waals surface area (Å²) in [5.41, 5.74) is 3.34. The number of amides is 1. The van der Waals surface area contributed by atoms with Crippen LogP contribution in [-0.2, 0) is 10.0 Å². The van der Waals surface area contributed by atoms with E-state index in [1.807, 2.05) is 31.2 Å². The highest BCUT2D eigenvalue weighted by molar-refractivity contribution is 7.92. The molecule has 3 aromatic carbocycles. The minimum atomic E-state index is -3.78. The number of carbonyl (C=O) groups excluding carboxylic acids is 1. The number of aryl methyl sites for hydroxylation is 1. The number of hydrogen-bond donors (Lipinski definition) is 2. The van der Waals surface area contributed by atoms with Gasteiger partial charge in [0, 0.05) is 11.3 Å². The average Bonchev–Trinajstić information content (AvgIpc) is 2.70. The molecule has 0 bridgehead atoms. The van der Waals surface area contributed by atoms with Crippen molar-refractivity contribution < 1.29 is 13.2 Å². The van der Waals surface area contributed by atoms with Crippen LogP contribution in [0.3, 0.4) is 0 Å². The van der Waals surface area contributed by atoms with Gasteiger partial charge < -0.3 is 5.32 Å². The minimum absolute atomic E-state index is 0.133. The number of sulfonamides is 1. The van der Waals surface area contributed by atoms with Gasteiger partial charge >= 0.3 is 0 Å². The normalized spacial score (nSPS) is 11.4. The number of benzene rings is 3. The third-order valence-corrected chi connectivity index (χ3v) is 6.34. The number of anilines is 2. The van der Waals surface area contributed by atoms with Crippen molar-refractivity contribution in [2.24, 2.45) is 0 Å². The second kappa shape index (κ2) is 8.90. The maximum Gasteiger partial charge on any atom is 0.261 e. The zero-order valence-electron chi connectivity index (χ0n) is 16.9. The van der Waals surface area contributed by atoms with Crippen molar-refractivity contribution in [2.45, 2.75) is 31.6 Å². The first kappa shape index (κ1) is 21.9. The molecule has 3 aromatic rings. The molecule has 0 unspecified atom stereocenters. The molecule has 0 aliphatic heterocycles. The van der Waals surface area contributed by atoms with Crippen molar-refractivity contribution >= 4 is 38.9 Å². The van der Waals surface area contributed by atoms with Gasteiger partial charge in [0.1, 0.15) is 0 Å². The molecule has 0 saturated carbocycles. The van der Waals surface area contributed by atoms with Crippen LogP contribution in [0.5, 0.6) is 0 Å². The van der Waals surface area contributed by atoms with Crippen LogP contribution in [-0.4, -0.2) is 14.3 Å². The van der Waals surface area contributed by atoms with Gasteiger partial charge in [-0.05, 0) is 60.9 Å². The van der Waals surface area contributed by atoms with Crippen LogP contribution in [0.1, 0.15) is 41.3 Å². The van der Waals surface area contributed by atoms with Crippen LogP contribution in [0.15, 0.2) is 71.6 Å². The van der Waals surface area contributed by atoms with Crippen LogP contribution in [0.4, 0.5) is 11.4 Å². The van der Waals surface area contributed by atoms with Gasteiger partial charge in [-0.3, -0.25) is 9.52 Å². The third kappa shape index (κ3) is 5.20. The Labute approximate surface area is 182 Å². The Bertz CT molecular complexity index is 1160. The summed E-state index contributed by atoms with van der Waals surface area (Å²) in [6.45, 7) is 6.08. The predicted molar refractivity (Wildman–Crippen MR) is 122 cm³/mol. The van der Waals surface area contributed by atoms with Crippen LogP contribution in [0.2, 0.25) is 5.02 Å². The van der Waals surface area contributed by atoms with Gasteiger partial charge in [-0.2, -0.15) is 0 Å². The van der Waals surface area contributed by atoms with Crippen LogP contribution in [0.25, 0.3) is 0 Å². The SMILES string of the molecule is Cc1ccc(S(=O)(=O)Nc2ccc(C(=O)Nc3ccc(C(C)C)cc3)cc2Cl)cc1. The zero-order chi connectivity index (χ0) is 21.9. The number of halogens is 1. The molecule has 0 fully saturated rings. The summed E-state index contributed by atoms with van der Waals surface area (Å²) in [5.74, 6) is 0.0759. The first-order valence-corrected chi connectivity index (χ1v) is 11.3. The van der Waals surface area contributed by atoms with Crippen LogP contribution >= 0.6 is 11.6 Å². The van der Waals surface area contributed by atoms with E-state index in [4.69, 9.17) is 11.6 Å². The molecule has 30 heavy (non-hydrogen) atoms. The van der Waals surface area contributed by atoms with Gasteiger partial charge in [-0.1, -0.05) is 55.3 Å². The van der Waals surface area contributed by atoms with Gasteiger partial charge in [0.15, 0.2) is 0 Å². The van der Waals surface area contributed by atoms with Crippen molar-refractivity contribution in [1.29, 1.82) is 0 Å².